The summed E-state index contributed by atoms with van der Waals surface area (Å²) in [5.41, 5.74) is 12.9. The highest BCUT2D eigenvalue weighted by Crippen LogP contribution is 2.20. The summed E-state index contributed by atoms with van der Waals surface area (Å²) < 4.78 is 0. The number of pyridine rings is 2. The second-order valence-corrected chi connectivity index (χ2v) is 6.48. The molecule has 4 N–H and O–H groups in total. The van der Waals surface area contributed by atoms with E-state index in [-0.39, 0.29) is 32.2 Å². The number of hydrogen-bond donors (Lipinski definition) is 2. The molecule has 2 heterocycles. The van der Waals surface area contributed by atoms with Crippen molar-refractivity contribution in [1.82, 2.24) is 9.97 Å². The van der Waals surface area contributed by atoms with Crippen LogP contribution < -0.4 is 11.5 Å². The molecule has 0 aromatic carbocycles. The van der Waals surface area contributed by atoms with E-state index in [4.69, 9.17) is 34.7 Å². The van der Waals surface area contributed by atoms with Crippen molar-refractivity contribution >= 4 is 23.2 Å². The number of nitro groups is 2. The molecule has 0 saturated heterocycles. The molecule has 0 aliphatic carbocycles. The van der Waals surface area contributed by atoms with Crippen LogP contribution in [0.2, 0.25) is 10.3 Å². The Morgan fingerprint density at radius 3 is 1.94 bits per heavy atom. The van der Waals surface area contributed by atoms with E-state index in [1.807, 2.05) is 0 Å². The summed E-state index contributed by atoms with van der Waals surface area (Å²) in [6, 6.07) is 6.68. The number of nitrogens with zero attached hydrogens (tertiary/aromatic N) is 4. The Balaban J connectivity index is 0. The van der Waals surface area contributed by atoms with E-state index in [9.17, 15) is 20.2 Å². The molecule has 0 bridgehead atoms. The van der Waals surface area contributed by atoms with Gasteiger partial charge in [-0.2, -0.15) is 0 Å². The molecule has 31 heavy (non-hydrogen) atoms. The van der Waals surface area contributed by atoms with Crippen molar-refractivity contribution in [2.75, 3.05) is 0 Å². The van der Waals surface area contributed by atoms with Crippen LogP contribution in [-0.4, -0.2) is 19.8 Å². The summed E-state index contributed by atoms with van der Waals surface area (Å²) in [4.78, 5) is 26.8. The zero-order valence-electron chi connectivity index (χ0n) is 15.2. The molecule has 12 heteroatoms. The van der Waals surface area contributed by atoms with E-state index in [1.54, 1.807) is 37.4 Å². The van der Waals surface area contributed by atoms with Crippen LogP contribution in [0.1, 0.15) is 38.8 Å². The average molecular weight is 473 g/mol. The number of rotatable bonds is 6. The SMILES string of the molecule is C.C.CC(/C(N)=C/[N+](=O)[O-])c1ccc(Cl)nc1.N/C(=C\[N+](=O)[O-])Cc1ccc(Cl)nc1. The molecule has 0 fully saturated rings. The van der Waals surface area contributed by atoms with Crippen molar-refractivity contribution in [3.8, 4) is 0 Å². The van der Waals surface area contributed by atoms with Crippen molar-refractivity contribution < 1.29 is 9.85 Å². The van der Waals surface area contributed by atoms with Crippen molar-refractivity contribution in [2.45, 2.75) is 34.1 Å². The molecule has 1 atom stereocenters. The number of hydrogen-bond acceptors (Lipinski definition) is 8. The Bertz CT molecular complexity index is 903. The first-order valence-electron chi connectivity index (χ1n) is 8.00. The van der Waals surface area contributed by atoms with Gasteiger partial charge in [-0.25, -0.2) is 9.97 Å². The molecule has 0 amide bonds. The molecule has 0 aliphatic rings. The smallest absolute Gasteiger partial charge is 0.253 e. The minimum Gasteiger partial charge on any atom is -0.397 e. The monoisotopic (exact) mass is 472 g/mol. The predicted octanol–water partition coefficient (Wildman–Crippen LogP) is 4.54. The summed E-state index contributed by atoms with van der Waals surface area (Å²) in [7, 11) is 0. The molecule has 2 rings (SSSR count). The van der Waals surface area contributed by atoms with Gasteiger partial charge in [0, 0.05) is 24.7 Å². The predicted molar refractivity (Wildman–Crippen MR) is 123 cm³/mol. The zero-order chi connectivity index (χ0) is 22.0. The fourth-order valence-electron chi connectivity index (χ4n) is 2.00. The molecular weight excluding hydrogens is 447 g/mol. The topological polar surface area (TPSA) is 164 Å². The van der Waals surface area contributed by atoms with E-state index < -0.39 is 9.85 Å². The van der Waals surface area contributed by atoms with Gasteiger partial charge in [-0.3, -0.25) is 20.2 Å². The average Bonchev–Trinajstić information content (AvgIpc) is 2.63. The molecule has 2 aromatic heterocycles. The third kappa shape index (κ3) is 12.1. The first-order chi connectivity index (χ1) is 13.6. The van der Waals surface area contributed by atoms with Crippen LogP contribution in [-0.2, 0) is 6.42 Å². The summed E-state index contributed by atoms with van der Waals surface area (Å²) >= 11 is 11.2. The van der Waals surface area contributed by atoms with Gasteiger partial charge < -0.3 is 11.5 Å². The minimum absolute atomic E-state index is 0. The van der Waals surface area contributed by atoms with E-state index in [0.29, 0.717) is 16.7 Å². The van der Waals surface area contributed by atoms with Gasteiger partial charge in [0.15, 0.2) is 0 Å². The fraction of sp³-hybridized carbons (Fsp3) is 0.263. The second kappa shape index (κ2) is 14.7. The highest BCUT2D eigenvalue weighted by atomic mass is 35.5. The third-order valence-electron chi connectivity index (χ3n) is 3.47. The van der Waals surface area contributed by atoms with Crippen LogP contribution in [0.3, 0.4) is 0 Å². The maximum Gasteiger partial charge on any atom is 0.253 e. The Morgan fingerprint density at radius 2 is 1.52 bits per heavy atom. The van der Waals surface area contributed by atoms with Gasteiger partial charge in [-0.1, -0.05) is 57.1 Å². The van der Waals surface area contributed by atoms with Gasteiger partial charge in [-0.15, -0.1) is 0 Å². The molecule has 0 radical (unpaired) electrons. The Morgan fingerprint density at radius 1 is 1.00 bits per heavy atom. The second-order valence-electron chi connectivity index (χ2n) is 5.71. The number of allylic oxidation sites excluding steroid dienone is 2. The first-order valence-corrected chi connectivity index (χ1v) is 8.76. The summed E-state index contributed by atoms with van der Waals surface area (Å²) in [6.07, 6.45) is 4.94. The zero-order valence-corrected chi connectivity index (χ0v) is 16.7. The van der Waals surface area contributed by atoms with Crippen molar-refractivity contribution in [3.05, 3.63) is 102 Å². The van der Waals surface area contributed by atoms with Crippen molar-refractivity contribution in [3.63, 3.8) is 0 Å². The van der Waals surface area contributed by atoms with E-state index in [1.165, 1.54) is 6.20 Å². The third-order valence-corrected chi connectivity index (χ3v) is 3.92. The lowest BCUT2D eigenvalue weighted by Gasteiger charge is -2.09. The van der Waals surface area contributed by atoms with Gasteiger partial charge in [0.25, 0.3) is 12.4 Å². The number of aromatic nitrogens is 2. The van der Waals surface area contributed by atoms with Gasteiger partial charge in [-0.05, 0) is 23.3 Å². The van der Waals surface area contributed by atoms with Gasteiger partial charge >= 0.3 is 0 Å². The van der Waals surface area contributed by atoms with E-state index >= 15 is 0 Å². The van der Waals surface area contributed by atoms with Gasteiger partial charge in [0.05, 0.1) is 21.2 Å². The largest absolute Gasteiger partial charge is 0.397 e. The van der Waals surface area contributed by atoms with Gasteiger partial charge in [0.2, 0.25) is 0 Å². The first kappa shape index (κ1) is 30.0. The van der Waals surface area contributed by atoms with Crippen LogP contribution in [0, 0.1) is 20.2 Å². The summed E-state index contributed by atoms with van der Waals surface area (Å²) in [5.74, 6) is -0.250. The molecule has 0 spiro atoms. The molecule has 0 aliphatic heterocycles. The highest BCUT2D eigenvalue weighted by molar-refractivity contribution is 6.29. The van der Waals surface area contributed by atoms with Gasteiger partial charge in [0.1, 0.15) is 10.3 Å². The van der Waals surface area contributed by atoms with E-state index in [0.717, 1.165) is 23.5 Å². The van der Waals surface area contributed by atoms with E-state index in [2.05, 4.69) is 9.97 Å². The molecule has 2 aromatic rings. The van der Waals surface area contributed by atoms with Crippen LogP contribution in [0.4, 0.5) is 0 Å². The molecular formula is C19H26Cl2N6O4. The number of halogens is 2. The molecule has 170 valence electrons. The summed E-state index contributed by atoms with van der Waals surface area (Å²) in [6.45, 7) is 1.76. The standard InChI is InChI=1S/C9H10ClN3O2.C8H8ClN3O2.2CH4/c1-6(8(11)5-13(14)15)7-2-3-9(10)12-4-7;9-8-2-1-6(4-11-8)3-7(10)5-12(13)14;;/h2-6H,11H2,1H3;1-2,4-5H,3,10H2;2*1H4/b8-5-;7-5-;;. The molecule has 0 saturated carbocycles. The minimum atomic E-state index is -0.585. The van der Waals surface area contributed by atoms with Crippen LogP contribution in [0.15, 0.2) is 60.5 Å². The lowest BCUT2D eigenvalue weighted by Crippen LogP contribution is -2.09. The van der Waals surface area contributed by atoms with Crippen LogP contribution in [0.25, 0.3) is 0 Å². The van der Waals surface area contributed by atoms with Crippen molar-refractivity contribution in [1.29, 1.82) is 0 Å². The number of nitrogens with two attached hydrogens (primary N) is 2. The lowest BCUT2D eigenvalue weighted by atomic mass is 10.0. The lowest BCUT2D eigenvalue weighted by molar-refractivity contribution is -0.403. The van der Waals surface area contributed by atoms with Crippen molar-refractivity contribution in [2.24, 2.45) is 11.5 Å². The Labute approximate surface area is 190 Å². The quantitative estimate of drug-likeness (QED) is 0.351. The maximum atomic E-state index is 10.2. The molecule has 10 nitrogen and oxygen atoms in total. The Hall–Kier alpha value is -3.24. The maximum absolute atomic E-state index is 10.2. The highest BCUT2D eigenvalue weighted by Gasteiger charge is 2.11. The summed E-state index contributed by atoms with van der Waals surface area (Å²) in [5, 5.41) is 21.0. The van der Waals surface area contributed by atoms with Crippen LogP contribution in [0.5, 0.6) is 0 Å². The fourth-order valence-corrected chi connectivity index (χ4v) is 2.22. The molecule has 1 unspecified atom stereocenters. The van der Waals surface area contributed by atoms with Crippen LogP contribution >= 0.6 is 23.2 Å². The Kier molecular flexibility index (Phi) is 14.2. The normalized spacial score (nSPS) is 11.7.